The van der Waals surface area contributed by atoms with Crippen molar-refractivity contribution in [1.29, 1.82) is 0 Å². The van der Waals surface area contributed by atoms with Crippen LogP contribution in [0.5, 0.6) is 0 Å². The van der Waals surface area contributed by atoms with Crippen molar-refractivity contribution in [3.63, 3.8) is 0 Å². The van der Waals surface area contributed by atoms with Crippen molar-refractivity contribution in [3.05, 3.63) is 78.3 Å². The maximum atomic E-state index is 12.6. The molecule has 1 aliphatic heterocycles. The van der Waals surface area contributed by atoms with Crippen molar-refractivity contribution in [2.24, 2.45) is 0 Å². The largest absolute Gasteiger partial charge is 0.465 e. The summed E-state index contributed by atoms with van der Waals surface area (Å²) in [4.78, 5) is 18.6. The maximum Gasteiger partial charge on any atom is 0.246 e. The van der Waals surface area contributed by atoms with Gasteiger partial charge in [-0.05, 0) is 23.8 Å². The number of amides is 1. The molecule has 3 heterocycles. The average molecular weight is 335 g/mol. The molecule has 1 aliphatic rings. The molecule has 6 heteroatoms. The summed E-state index contributed by atoms with van der Waals surface area (Å²) in [7, 11) is 0. The zero-order valence-corrected chi connectivity index (χ0v) is 13.5. The van der Waals surface area contributed by atoms with Crippen LogP contribution in [-0.2, 0) is 4.79 Å². The van der Waals surface area contributed by atoms with Crippen molar-refractivity contribution in [2.45, 2.75) is 11.8 Å². The van der Waals surface area contributed by atoms with Crippen LogP contribution in [0.4, 0.5) is 0 Å². The third-order valence-electron chi connectivity index (χ3n) is 4.50. The normalized spacial score (nSPS) is 20.4. The predicted octanol–water partition coefficient (Wildman–Crippen LogP) is 3.09. The average Bonchev–Trinajstić information content (AvgIpc) is 3.41. The molecule has 0 bridgehead atoms. The zero-order valence-electron chi connectivity index (χ0n) is 13.5. The molecule has 25 heavy (non-hydrogen) atoms. The Labute approximate surface area is 144 Å². The van der Waals surface area contributed by atoms with E-state index in [9.17, 15) is 4.79 Å². The molecular formula is C19H17N3O3. The summed E-state index contributed by atoms with van der Waals surface area (Å²) < 4.78 is 10.1. The molecule has 2 aromatic heterocycles. The fourth-order valence-corrected chi connectivity index (χ4v) is 3.27. The molecule has 1 fully saturated rings. The molecule has 1 aromatic carbocycles. The Bertz CT molecular complexity index is 841. The summed E-state index contributed by atoms with van der Waals surface area (Å²) in [6.45, 7) is 1.17. The van der Waals surface area contributed by atoms with E-state index in [2.05, 4.69) is 22.3 Å². The second kappa shape index (κ2) is 6.76. The Balaban J connectivity index is 1.56. The van der Waals surface area contributed by atoms with Gasteiger partial charge in [0.15, 0.2) is 5.82 Å². The summed E-state index contributed by atoms with van der Waals surface area (Å²) in [5, 5.41) is 4.00. The first-order valence-electron chi connectivity index (χ1n) is 8.13. The molecule has 0 unspecified atom stereocenters. The van der Waals surface area contributed by atoms with E-state index >= 15 is 0 Å². The second-order valence-electron chi connectivity index (χ2n) is 6.01. The van der Waals surface area contributed by atoms with E-state index in [0.717, 1.165) is 0 Å². The highest BCUT2D eigenvalue weighted by Gasteiger charge is 2.38. The van der Waals surface area contributed by atoms with E-state index in [1.54, 1.807) is 24.5 Å². The maximum absolute atomic E-state index is 12.6. The van der Waals surface area contributed by atoms with Crippen LogP contribution < -0.4 is 0 Å². The van der Waals surface area contributed by atoms with Crippen LogP contribution in [0.1, 0.15) is 29.0 Å². The number of furan rings is 1. The van der Waals surface area contributed by atoms with E-state index in [0.29, 0.717) is 24.7 Å². The Morgan fingerprint density at radius 3 is 2.68 bits per heavy atom. The van der Waals surface area contributed by atoms with Crippen LogP contribution in [0.3, 0.4) is 0 Å². The van der Waals surface area contributed by atoms with Crippen LogP contribution in [0, 0.1) is 0 Å². The van der Waals surface area contributed by atoms with Gasteiger partial charge in [-0.25, -0.2) is 0 Å². The minimum atomic E-state index is -0.0525. The van der Waals surface area contributed by atoms with E-state index in [1.165, 1.54) is 12.0 Å². The predicted molar refractivity (Wildman–Crippen MR) is 90.5 cm³/mol. The number of benzene rings is 1. The summed E-state index contributed by atoms with van der Waals surface area (Å²) in [6, 6.07) is 13.7. The third kappa shape index (κ3) is 3.24. The molecule has 2 atom stereocenters. The van der Waals surface area contributed by atoms with Crippen molar-refractivity contribution in [3.8, 4) is 0 Å². The lowest BCUT2D eigenvalue weighted by molar-refractivity contribution is -0.125. The van der Waals surface area contributed by atoms with Gasteiger partial charge in [-0.2, -0.15) is 4.98 Å². The molecule has 6 nitrogen and oxygen atoms in total. The first-order chi connectivity index (χ1) is 12.3. The van der Waals surface area contributed by atoms with E-state index in [4.69, 9.17) is 8.94 Å². The molecule has 0 radical (unpaired) electrons. The second-order valence-corrected chi connectivity index (χ2v) is 6.01. The van der Waals surface area contributed by atoms with Gasteiger partial charge in [0.2, 0.25) is 12.3 Å². The molecule has 1 saturated heterocycles. The highest BCUT2D eigenvalue weighted by atomic mass is 16.5. The summed E-state index contributed by atoms with van der Waals surface area (Å²) in [5.74, 6) is 1.39. The molecule has 0 saturated carbocycles. The molecule has 3 aromatic rings. The Hall–Kier alpha value is -3.15. The van der Waals surface area contributed by atoms with Crippen LogP contribution in [0.15, 0.2) is 70.1 Å². The molecule has 0 spiro atoms. The molecular weight excluding hydrogens is 318 g/mol. The Morgan fingerprint density at radius 2 is 1.96 bits per heavy atom. The molecule has 126 valence electrons. The van der Waals surface area contributed by atoms with E-state index in [-0.39, 0.29) is 17.7 Å². The molecule has 1 amide bonds. The van der Waals surface area contributed by atoms with Gasteiger partial charge in [0.1, 0.15) is 5.76 Å². The van der Waals surface area contributed by atoms with E-state index < -0.39 is 0 Å². The Morgan fingerprint density at radius 1 is 1.12 bits per heavy atom. The lowest BCUT2D eigenvalue weighted by atomic mass is 9.88. The molecule has 0 aliphatic carbocycles. The van der Waals surface area contributed by atoms with Gasteiger partial charge in [0.05, 0.1) is 6.26 Å². The summed E-state index contributed by atoms with van der Waals surface area (Å²) in [6.07, 6.45) is 6.14. The van der Waals surface area contributed by atoms with Gasteiger partial charge in [-0.15, -0.1) is 0 Å². The van der Waals surface area contributed by atoms with Crippen molar-refractivity contribution in [2.75, 3.05) is 13.1 Å². The number of hydrogen-bond donors (Lipinski definition) is 0. The van der Waals surface area contributed by atoms with Crippen molar-refractivity contribution < 1.29 is 13.7 Å². The smallest absolute Gasteiger partial charge is 0.246 e. The lowest BCUT2D eigenvalue weighted by Gasteiger charge is -2.15. The first kappa shape index (κ1) is 15.4. The van der Waals surface area contributed by atoms with E-state index in [1.807, 2.05) is 29.2 Å². The summed E-state index contributed by atoms with van der Waals surface area (Å²) in [5.41, 5.74) is 1.17. The van der Waals surface area contributed by atoms with Crippen LogP contribution in [-0.4, -0.2) is 34.0 Å². The van der Waals surface area contributed by atoms with Crippen LogP contribution >= 0.6 is 0 Å². The Kier molecular flexibility index (Phi) is 4.16. The highest BCUT2D eigenvalue weighted by Crippen LogP contribution is 2.38. The number of hydrogen-bond acceptors (Lipinski definition) is 5. The summed E-state index contributed by atoms with van der Waals surface area (Å²) >= 11 is 0. The number of carbonyl (C=O) groups excluding carboxylic acids is 1. The fraction of sp³-hybridized carbons (Fsp3) is 0.211. The third-order valence-corrected chi connectivity index (χ3v) is 4.50. The van der Waals surface area contributed by atoms with Crippen LogP contribution in [0.25, 0.3) is 6.08 Å². The molecule has 0 N–H and O–H groups in total. The topological polar surface area (TPSA) is 72.4 Å². The van der Waals surface area contributed by atoms with Crippen molar-refractivity contribution >= 4 is 12.0 Å². The lowest BCUT2D eigenvalue weighted by Crippen LogP contribution is -2.27. The number of carbonyl (C=O) groups is 1. The van der Waals surface area contributed by atoms with Gasteiger partial charge >= 0.3 is 0 Å². The van der Waals surface area contributed by atoms with Gasteiger partial charge in [0.25, 0.3) is 0 Å². The SMILES string of the molecule is O=C(/C=C/c1ccco1)N1C[C@@H](c2ccccc2)[C@H](c2ncon2)C1. The standard InChI is InChI=1S/C19H17N3O3/c23-18(9-8-15-7-4-10-24-15)22-11-16(14-5-2-1-3-6-14)17(12-22)19-20-13-25-21-19/h1-10,13,16-17H,11-12H2/b9-8+/t16-,17+/m0/s1. The number of likely N-dealkylation sites (tertiary alicyclic amines) is 1. The molecule has 4 rings (SSSR count). The van der Waals surface area contributed by atoms with Crippen molar-refractivity contribution in [1.82, 2.24) is 15.0 Å². The zero-order chi connectivity index (χ0) is 17.1. The quantitative estimate of drug-likeness (QED) is 0.685. The monoisotopic (exact) mass is 335 g/mol. The highest BCUT2D eigenvalue weighted by molar-refractivity contribution is 5.91. The fourth-order valence-electron chi connectivity index (χ4n) is 3.27. The van der Waals surface area contributed by atoms with Gasteiger partial charge < -0.3 is 13.8 Å². The number of aromatic nitrogens is 2. The van der Waals surface area contributed by atoms with Crippen LogP contribution in [0.2, 0.25) is 0 Å². The number of nitrogens with zero attached hydrogens (tertiary/aromatic N) is 3. The minimum absolute atomic E-state index is 0.0158. The van der Waals surface area contributed by atoms with Gasteiger partial charge in [-0.1, -0.05) is 35.5 Å². The van der Waals surface area contributed by atoms with Gasteiger partial charge in [0, 0.05) is 31.0 Å². The minimum Gasteiger partial charge on any atom is -0.465 e. The van der Waals surface area contributed by atoms with Gasteiger partial charge in [-0.3, -0.25) is 4.79 Å². The number of rotatable bonds is 4. The first-order valence-corrected chi connectivity index (χ1v) is 8.13.